The number of rotatable bonds is 1. The highest BCUT2D eigenvalue weighted by Gasteiger charge is 2.69. The molecule has 4 saturated heterocycles. The molecule has 0 radical (unpaired) electrons. The molecule has 0 aromatic carbocycles. The van der Waals surface area contributed by atoms with Gasteiger partial charge in [-0.15, -0.1) is 0 Å². The van der Waals surface area contributed by atoms with Crippen molar-refractivity contribution in [2.45, 2.75) is 70.4 Å². The molecule has 120 valence electrons. The van der Waals surface area contributed by atoms with Crippen molar-refractivity contribution in [2.24, 2.45) is 23.7 Å². The summed E-state index contributed by atoms with van der Waals surface area (Å²) in [5.74, 6) is 0.953. The molecule has 5 rings (SSSR count). The van der Waals surface area contributed by atoms with Crippen LogP contribution in [-0.4, -0.2) is 31.1 Å². The summed E-state index contributed by atoms with van der Waals surface area (Å²) in [5.41, 5.74) is -0.470. The lowest BCUT2D eigenvalue weighted by atomic mass is 9.58. The highest BCUT2D eigenvalue weighted by atomic mass is 17.3. The van der Waals surface area contributed by atoms with Crippen molar-refractivity contribution < 1.29 is 24.0 Å². The fourth-order valence-corrected chi connectivity index (χ4v) is 5.14. The van der Waals surface area contributed by atoms with Crippen molar-refractivity contribution in [3.05, 3.63) is 0 Å². The zero-order chi connectivity index (χ0) is 14.8. The molecule has 1 aliphatic carbocycles. The quantitative estimate of drug-likeness (QED) is 0.697. The van der Waals surface area contributed by atoms with Gasteiger partial charge in [0.2, 0.25) is 5.79 Å². The van der Waals surface area contributed by atoms with E-state index in [1.54, 1.807) is 7.11 Å². The highest BCUT2D eigenvalue weighted by molar-refractivity contribution is 5.08. The first-order valence-corrected chi connectivity index (χ1v) is 8.23. The zero-order valence-electron chi connectivity index (χ0n) is 13.3. The Balaban J connectivity index is 1.79. The third kappa shape index (κ3) is 1.81. The average molecular weight is 298 g/mol. The molecular weight excluding hydrogens is 272 g/mol. The van der Waals surface area contributed by atoms with Crippen LogP contribution in [0.3, 0.4) is 0 Å². The van der Waals surface area contributed by atoms with Crippen LogP contribution in [0, 0.1) is 23.7 Å². The van der Waals surface area contributed by atoms with Crippen LogP contribution >= 0.6 is 0 Å². The molecule has 4 heterocycles. The molecule has 5 nitrogen and oxygen atoms in total. The Labute approximate surface area is 126 Å². The van der Waals surface area contributed by atoms with Crippen molar-refractivity contribution in [2.75, 3.05) is 7.11 Å². The first-order chi connectivity index (χ1) is 10.00. The average Bonchev–Trinajstić information content (AvgIpc) is 2.69. The maximum absolute atomic E-state index is 6.21. The lowest BCUT2D eigenvalue weighted by Gasteiger charge is -2.60. The summed E-state index contributed by atoms with van der Waals surface area (Å²) in [6, 6.07) is 0. The largest absolute Gasteiger partial charge is 0.355 e. The summed E-state index contributed by atoms with van der Waals surface area (Å²) < 4.78 is 17.9. The van der Waals surface area contributed by atoms with Gasteiger partial charge in [0.25, 0.3) is 0 Å². The molecule has 0 aromatic heterocycles. The Morgan fingerprint density at radius 2 is 1.86 bits per heavy atom. The minimum Gasteiger partial charge on any atom is -0.355 e. The van der Waals surface area contributed by atoms with Gasteiger partial charge in [0.15, 0.2) is 18.2 Å². The third-order valence-corrected chi connectivity index (χ3v) is 6.33. The summed E-state index contributed by atoms with van der Waals surface area (Å²) in [6.45, 7) is 6.46. The van der Waals surface area contributed by atoms with Gasteiger partial charge in [-0.2, -0.15) is 0 Å². The second-order valence-electron chi connectivity index (χ2n) is 7.51. The molecule has 1 spiro atoms. The SMILES string of the molecule is CO[C@H]1O[C@@H]2O[C@@]3(C)CC[C@H]4[C@H](C)CC[C@H]([C@H]1C)[C@@]24OO3. The summed E-state index contributed by atoms with van der Waals surface area (Å²) in [4.78, 5) is 11.8. The molecule has 1 saturated carbocycles. The van der Waals surface area contributed by atoms with E-state index in [2.05, 4.69) is 13.8 Å². The number of fused-ring (bicyclic) bond motifs is 2. The maximum atomic E-state index is 6.21. The zero-order valence-corrected chi connectivity index (χ0v) is 13.3. The van der Waals surface area contributed by atoms with Gasteiger partial charge in [0, 0.05) is 25.4 Å². The Morgan fingerprint density at radius 3 is 2.62 bits per heavy atom. The van der Waals surface area contributed by atoms with E-state index in [9.17, 15) is 0 Å². The minimum absolute atomic E-state index is 0.230. The first kappa shape index (κ1) is 14.4. The van der Waals surface area contributed by atoms with Gasteiger partial charge in [0.05, 0.1) is 0 Å². The van der Waals surface area contributed by atoms with Crippen LogP contribution in [-0.2, 0) is 24.0 Å². The second-order valence-corrected chi connectivity index (χ2v) is 7.51. The molecule has 2 bridgehead atoms. The molecule has 0 aromatic rings. The van der Waals surface area contributed by atoms with Crippen LogP contribution < -0.4 is 0 Å². The molecule has 5 fully saturated rings. The number of ether oxygens (including phenoxy) is 3. The van der Waals surface area contributed by atoms with Crippen LogP contribution in [0.2, 0.25) is 0 Å². The van der Waals surface area contributed by atoms with Gasteiger partial charge in [-0.05, 0) is 38.0 Å². The highest BCUT2D eigenvalue weighted by Crippen LogP contribution is 2.60. The molecule has 0 amide bonds. The molecular formula is C16H26O5. The summed E-state index contributed by atoms with van der Waals surface area (Å²) in [7, 11) is 1.70. The molecule has 5 aliphatic rings. The molecule has 8 atom stereocenters. The minimum atomic E-state index is -0.698. The Kier molecular flexibility index (Phi) is 3.19. The topological polar surface area (TPSA) is 46.2 Å². The molecule has 4 aliphatic heterocycles. The Bertz CT molecular complexity index is 429. The van der Waals surface area contributed by atoms with E-state index >= 15 is 0 Å². The lowest BCUT2D eigenvalue weighted by molar-refractivity contribution is -0.577. The third-order valence-electron chi connectivity index (χ3n) is 6.33. The van der Waals surface area contributed by atoms with Gasteiger partial charge in [-0.25, -0.2) is 9.78 Å². The van der Waals surface area contributed by atoms with E-state index < -0.39 is 17.7 Å². The van der Waals surface area contributed by atoms with E-state index in [4.69, 9.17) is 24.0 Å². The number of hydrogen-bond acceptors (Lipinski definition) is 5. The van der Waals surface area contributed by atoms with Crippen LogP contribution in [0.1, 0.15) is 46.5 Å². The second kappa shape index (κ2) is 4.65. The van der Waals surface area contributed by atoms with Crippen LogP contribution in [0.15, 0.2) is 0 Å². The van der Waals surface area contributed by atoms with Gasteiger partial charge < -0.3 is 14.2 Å². The Hall–Kier alpha value is -0.200. The van der Waals surface area contributed by atoms with Crippen molar-refractivity contribution in [1.29, 1.82) is 0 Å². The van der Waals surface area contributed by atoms with Crippen LogP contribution in [0.25, 0.3) is 0 Å². The standard InChI is InChI=1S/C16H26O5/c1-9-5-6-12-10(2)13(17-4)18-14-16(12)11(9)7-8-15(3,19-14)20-21-16/h9-14H,5-8H2,1-4H3/t9-,10-,11+,12-,13+,14-,15-,16-/m1/s1. The lowest BCUT2D eigenvalue weighted by Crippen LogP contribution is -2.70. The fourth-order valence-electron chi connectivity index (χ4n) is 5.14. The van der Waals surface area contributed by atoms with E-state index in [-0.39, 0.29) is 12.2 Å². The van der Waals surface area contributed by atoms with Gasteiger partial charge >= 0.3 is 0 Å². The normalized spacial score (nSPS) is 59.4. The summed E-state index contributed by atoms with van der Waals surface area (Å²) in [6.07, 6.45) is 3.64. The van der Waals surface area contributed by atoms with Gasteiger partial charge in [-0.3, -0.25) is 0 Å². The van der Waals surface area contributed by atoms with E-state index in [1.165, 1.54) is 6.42 Å². The first-order valence-electron chi connectivity index (χ1n) is 8.23. The summed E-state index contributed by atoms with van der Waals surface area (Å²) in [5, 5.41) is 0. The van der Waals surface area contributed by atoms with Gasteiger partial charge in [0.1, 0.15) is 0 Å². The van der Waals surface area contributed by atoms with Gasteiger partial charge in [-0.1, -0.05) is 13.8 Å². The van der Waals surface area contributed by atoms with Crippen molar-refractivity contribution in [3.8, 4) is 0 Å². The molecule has 0 N–H and O–H groups in total. The maximum Gasteiger partial charge on any atom is 0.201 e. The molecule has 5 heteroatoms. The number of hydrogen-bond donors (Lipinski definition) is 0. The van der Waals surface area contributed by atoms with Crippen molar-refractivity contribution in [3.63, 3.8) is 0 Å². The van der Waals surface area contributed by atoms with Crippen molar-refractivity contribution >= 4 is 0 Å². The summed E-state index contributed by atoms with van der Waals surface area (Å²) >= 11 is 0. The van der Waals surface area contributed by atoms with Crippen molar-refractivity contribution in [1.82, 2.24) is 0 Å². The molecule has 21 heavy (non-hydrogen) atoms. The number of methoxy groups -OCH3 is 1. The van der Waals surface area contributed by atoms with E-state index in [1.807, 2.05) is 6.92 Å². The van der Waals surface area contributed by atoms with E-state index in [0.29, 0.717) is 17.8 Å². The smallest absolute Gasteiger partial charge is 0.201 e. The fraction of sp³-hybridized carbons (Fsp3) is 1.00. The molecule has 0 unspecified atom stereocenters. The predicted octanol–water partition coefficient (Wildman–Crippen LogP) is 2.84. The van der Waals surface area contributed by atoms with Crippen LogP contribution in [0.4, 0.5) is 0 Å². The van der Waals surface area contributed by atoms with E-state index in [0.717, 1.165) is 19.3 Å². The monoisotopic (exact) mass is 298 g/mol. The van der Waals surface area contributed by atoms with Crippen LogP contribution in [0.5, 0.6) is 0 Å². The Morgan fingerprint density at radius 1 is 1.05 bits per heavy atom. The predicted molar refractivity (Wildman–Crippen MR) is 73.8 cm³/mol.